The minimum atomic E-state index is 0.568. The van der Waals surface area contributed by atoms with Crippen molar-refractivity contribution in [3.8, 4) is 0 Å². The first-order chi connectivity index (χ1) is 7.20. The van der Waals surface area contributed by atoms with E-state index < -0.39 is 0 Å². The zero-order valence-corrected chi connectivity index (χ0v) is 8.97. The molecule has 0 N–H and O–H groups in total. The van der Waals surface area contributed by atoms with E-state index in [1.807, 2.05) is 29.1 Å². The van der Waals surface area contributed by atoms with Gasteiger partial charge in [-0.15, -0.1) is 0 Å². The predicted molar refractivity (Wildman–Crippen MR) is 60.0 cm³/mol. The molecule has 1 aromatic carbocycles. The summed E-state index contributed by atoms with van der Waals surface area (Å²) in [6, 6.07) is 5.65. The lowest BCUT2D eigenvalue weighted by Gasteiger charge is -2.06. The fourth-order valence-electron chi connectivity index (χ4n) is 1.67. The third-order valence-electron chi connectivity index (χ3n) is 2.34. The van der Waals surface area contributed by atoms with E-state index in [1.165, 1.54) is 0 Å². The average molecular weight is 202 g/mol. The van der Waals surface area contributed by atoms with Crippen LogP contribution in [0.15, 0.2) is 24.4 Å². The maximum Gasteiger partial charge on any atom is 0.150 e. The highest BCUT2D eigenvalue weighted by atomic mass is 16.1. The molecular weight excluding hydrogens is 188 g/mol. The first-order valence-corrected chi connectivity index (χ1v) is 5.11. The van der Waals surface area contributed by atoms with Crippen LogP contribution in [0.5, 0.6) is 0 Å². The fraction of sp³-hybridized carbons (Fsp3) is 0.333. The lowest BCUT2D eigenvalue weighted by atomic mass is 10.2. The molecule has 15 heavy (non-hydrogen) atoms. The van der Waals surface area contributed by atoms with E-state index in [-0.39, 0.29) is 0 Å². The van der Waals surface area contributed by atoms with Crippen LogP contribution in [0.2, 0.25) is 0 Å². The van der Waals surface area contributed by atoms with Gasteiger partial charge in [0.2, 0.25) is 0 Å². The van der Waals surface area contributed by atoms with Gasteiger partial charge in [0, 0.05) is 17.5 Å². The van der Waals surface area contributed by atoms with Gasteiger partial charge in [-0.3, -0.25) is 9.48 Å². The average Bonchev–Trinajstić information content (AvgIpc) is 2.60. The van der Waals surface area contributed by atoms with Crippen LogP contribution >= 0.6 is 0 Å². The Labute approximate surface area is 88.7 Å². The van der Waals surface area contributed by atoms with Gasteiger partial charge >= 0.3 is 0 Å². The molecule has 0 bridgehead atoms. The molecule has 0 saturated heterocycles. The highest BCUT2D eigenvalue weighted by Gasteiger charge is 2.04. The molecule has 0 unspecified atom stereocenters. The molecular formula is C12H14N2O. The Hall–Kier alpha value is -1.64. The first-order valence-electron chi connectivity index (χ1n) is 5.11. The van der Waals surface area contributed by atoms with Gasteiger partial charge < -0.3 is 0 Å². The molecule has 3 nitrogen and oxygen atoms in total. The van der Waals surface area contributed by atoms with Crippen LogP contribution in [0.4, 0.5) is 0 Å². The summed E-state index contributed by atoms with van der Waals surface area (Å²) in [5.74, 6) is 0.568. The summed E-state index contributed by atoms with van der Waals surface area (Å²) in [6.45, 7) is 5.23. The zero-order chi connectivity index (χ0) is 10.8. The lowest BCUT2D eigenvalue weighted by Crippen LogP contribution is -2.05. The maximum atomic E-state index is 10.6. The molecule has 0 aliphatic heterocycles. The number of hydrogen-bond donors (Lipinski definition) is 0. The van der Waals surface area contributed by atoms with Gasteiger partial charge in [-0.25, -0.2) is 0 Å². The quantitative estimate of drug-likeness (QED) is 0.717. The summed E-state index contributed by atoms with van der Waals surface area (Å²) < 4.78 is 1.98. The predicted octanol–water partition coefficient (Wildman–Crippen LogP) is 2.50. The SMILES string of the molecule is CC(C)Cn1ncc2cc(C=O)ccc21. The van der Waals surface area contributed by atoms with Crippen molar-refractivity contribution in [3.05, 3.63) is 30.0 Å². The van der Waals surface area contributed by atoms with E-state index in [9.17, 15) is 4.79 Å². The van der Waals surface area contributed by atoms with Gasteiger partial charge in [0.1, 0.15) is 6.29 Å². The number of carbonyl (C=O) groups excluding carboxylic acids is 1. The number of aldehydes is 1. The van der Waals surface area contributed by atoms with Crippen LogP contribution in [0.1, 0.15) is 24.2 Å². The van der Waals surface area contributed by atoms with Crippen molar-refractivity contribution >= 4 is 17.2 Å². The molecule has 0 fully saturated rings. The highest BCUT2D eigenvalue weighted by molar-refractivity contribution is 5.86. The number of nitrogens with zero attached hydrogens (tertiary/aromatic N) is 2. The molecule has 0 aliphatic rings. The number of aromatic nitrogens is 2. The Morgan fingerprint density at radius 3 is 2.93 bits per heavy atom. The van der Waals surface area contributed by atoms with Gasteiger partial charge in [-0.1, -0.05) is 13.8 Å². The minimum Gasteiger partial charge on any atom is -0.298 e. The largest absolute Gasteiger partial charge is 0.298 e. The van der Waals surface area contributed by atoms with E-state index in [0.29, 0.717) is 11.5 Å². The molecule has 0 saturated carbocycles. The third kappa shape index (κ3) is 1.91. The second kappa shape index (κ2) is 3.85. The van der Waals surface area contributed by atoms with E-state index in [2.05, 4.69) is 18.9 Å². The fourth-order valence-corrected chi connectivity index (χ4v) is 1.67. The smallest absolute Gasteiger partial charge is 0.150 e. The van der Waals surface area contributed by atoms with Gasteiger partial charge in [-0.05, 0) is 24.1 Å². The summed E-state index contributed by atoms with van der Waals surface area (Å²) in [4.78, 5) is 10.6. The second-order valence-electron chi connectivity index (χ2n) is 4.16. The summed E-state index contributed by atoms with van der Waals surface area (Å²) >= 11 is 0. The molecule has 3 heteroatoms. The van der Waals surface area contributed by atoms with Crippen LogP contribution in [-0.4, -0.2) is 16.1 Å². The van der Waals surface area contributed by atoms with Crippen molar-refractivity contribution < 1.29 is 4.79 Å². The number of fused-ring (bicyclic) bond motifs is 1. The monoisotopic (exact) mass is 202 g/mol. The Balaban J connectivity index is 2.47. The Bertz CT molecular complexity index is 485. The molecule has 2 rings (SSSR count). The number of hydrogen-bond acceptors (Lipinski definition) is 2. The van der Waals surface area contributed by atoms with E-state index in [0.717, 1.165) is 23.7 Å². The lowest BCUT2D eigenvalue weighted by molar-refractivity contribution is 0.112. The Morgan fingerprint density at radius 2 is 2.27 bits per heavy atom. The van der Waals surface area contributed by atoms with E-state index in [4.69, 9.17) is 0 Å². The summed E-state index contributed by atoms with van der Waals surface area (Å²) in [6.07, 6.45) is 2.67. The van der Waals surface area contributed by atoms with Crippen LogP contribution < -0.4 is 0 Å². The maximum absolute atomic E-state index is 10.6. The third-order valence-corrected chi connectivity index (χ3v) is 2.34. The van der Waals surface area contributed by atoms with Crippen molar-refractivity contribution in [2.45, 2.75) is 20.4 Å². The highest BCUT2D eigenvalue weighted by Crippen LogP contribution is 2.16. The van der Waals surface area contributed by atoms with Gasteiger partial charge in [-0.2, -0.15) is 5.10 Å². The molecule has 2 aromatic rings. The van der Waals surface area contributed by atoms with Crippen LogP contribution in [0.25, 0.3) is 10.9 Å². The number of benzene rings is 1. The summed E-state index contributed by atoms with van der Waals surface area (Å²) in [5.41, 5.74) is 1.79. The molecule has 0 amide bonds. The normalized spacial score (nSPS) is 11.1. The van der Waals surface area contributed by atoms with E-state index >= 15 is 0 Å². The Morgan fingerprint density at radius 1 is 1.47 bits per heavy atom. The van der Waals surface area contributed by atoms with Gasteiger partial charge in [0.25, 0.3) is 0 Å². The minimum absolute atomic E-state index is 0.568. The molecule has 1 heterocycles. The van der Waals surface area contributed by atoms with Gasteiger partial charge in [0.15, 0.2) is 0 Å². The molecule has 0 atom stereocenters. The van der Waals surface area contributed by atoms with Crippen molar-refractivity contribution in [2.24, 2.45) is 5.92 Å². The topological polar surface area (TPSA) is 34.9 Å². The summed E-state index contributed by atoms with van der Waals surface area (Å²) in [5, 5.41) is 5.34. The first kappa shape index (κ1) is 9.90. The van der Waals surface area contributed by atoms with Crippen LogP contribution in [0, 0.1) is 5.92 Å². The molecule has 78 valence electrons. The van der Waals surface area contributed by atoms with Crippen LogP contribution in [0.3, 0.4) is 0 Å². The standard InChI is InChI=1S/C12H14N2O/c1-9(2)7-14-12-4-3-10(8-15)5-11(12)6-13-14/h3-6,8-9H,7H2,1-2H3. The van der Waals surface area contributed by atoms with Crippen LogP contribution in [-0.2, 0) is 6.54 Å². The second-order valence-corrected chi connectivity index (χ2v) is 4.16. The summed E-state index contributed by atoms with van der Waals surface area (Å²) in [7, 11) is 0. The van der Waals surface area contributed by atoms with Crippen molar-refractivity contribution in [2.75, 3.05) is 0 Å². The Kier molecular flexibility index (Phi) is 2.54. The zero-order valence-electron chi connectivity index (χ0n) is 8.97. The van der Waals surface area contributed by atoms with Crippen molar-refractivity contribution in [3.63, 3.8) is 0 Å². The molecule has 1 aromatic heterocycles. The van der Waals surface area contributed by atoms with E-state index in [1.54, 1.807) is 0 Å². The number of carbonyl (C=O) groups is 1. The van der Waals surface area contributed by atoms with Gasteiger partial charge in [0.05, 0.1) is 11.7 Å². The number of rotatable bonds is 3. The van der Waals surface area contributed by atoms with Crippen molar-refractivity contribution in [1.82, 2.24) is 9.78 Å². The molecule has 0 radical (unpaired) electrons. The molecule has 0 aliphatic carbocycles. The van der Waals surface area contributed by atoms with Crippen molar-refractivity contribution in [1.29, 1.82) is 0 Å². The molecule has 0 spiro atoms.